The SMILES string of the molecule is CCCN1C(=O)CCc2cc(NC(=O)COc3ccc(C)cc3OC)ccc21. The van der Waals surface area contributed by atoms with E-state index in [1.165, 1.54) is 0 Å². The molecule has 0 atom stereocenters. The Labute approximate surface area is 165 Å². The van der Waals surface area contributed by atoms with Crippen LogP contribution in [0.4, 0.5) is 11.4 Å². The lowest BCUT2D eigenvalue weighted by Crippen LogP contribution is -2.35. The van der Waals surface area contributed by atoms with E-state index >= 15 is 0 Å². The van der Waals surface area contributed by atoms with Crippen molar-refractivity contribution in [3.63, 3.8) is 0 Å². The van der Waals surface area contributed by atoms with Crippen molar-refractivity contribution in [1.29, 1.82) is 0 Å². The number of nitrogens with one attached hydrogen (secondary N) is 1. The van der Waals surface area contributed by atoms with Crippen molar-refractivity contribution in [2.45, 2.75) is 33.1 Å². The molecule has 0 aliphatic carbocycles. The molecule has 0 saturated heterocycles. The van der Waals surface area contributed by atoms with Gasteiger partial charge >= 0.3 is 0 Å². The third kappa shape index (κ3) is 4.44. The maximum atomic E-state index is 12.3. The fourth-order valence-electron chi connectivity index (χ4n) is 3.34. The van der Waals surface area contributed by atoms with Gasteiger partial charge in [-0.2, -0.15) is 0 Å². The Morgan fingerprint density at radius 3 is 2.71 bits per heavy atom. The summed E-state index contributed by atoms with van der Waals surface area (Å²) in [7, 11) is 1.57. The highest BCUT2D eigenvalue weighted by Crippen LogP contribution is 2.31. The van der Waals surface area contributed by atoms with Crippen LogP contribution in [0.15, 0.2) is 36.4 Å². The number of nitrogens with zero attached hydrogens (tertiary/aromatic N) is 1. The Morgan fingerprint density at radius 1 is 1.14 bits per heavy atom. The lowest BCUT2D eigenvalue weighted by Gasteiger charge is -2.29. The van der Waals surface area contributed by atoms with Crippen LogP contribution >= 0.6 is 0 Å². The molecule has 1 heterocycles. The highest BCUT2D eigenvalue weighted by Gasteiger charge is 2.23. The zero-order valence-corrected chi connectivity index (χ0v) is 16.6. The van der Waals surface area contributed by atoms with E-state index in [-0.39, 0.29) is 18.4 Å². The largest absolute Gasteiger partial charge is 0.493 e. The number of hydrogen-bond acceptors (Lipinski definition) is 4. The van der Waals surface area contributed by atoms with E-state index in [0.717, 1.165) is 23.2 Å². The van der Waals surface area contributed by atoms with Gasteiger partial charge in [0.25, 0.3) is 5.91 Å². The van der Waals surface area contributed by atoms with E-state index in [2.05, 4.69) is 12.2 Å². The maximum Gasteiger partial charge on any atom is 0.262 e. The molecule has 0 unspecified atom stereocenters. The van der Waals surface area contributed by atoms with E-state index in [9.17, 15) is 9.59 Å². The fourth-order valence-corrected chi connectivity index (χ4v) is 3.34. The second-order valence-corrected chi connectivity index (χ2v) is 6.88. The van der Waals surface area contributed by atoms with Crippen LogP contribution in [-0.2, 0) is 16.0 Å². The van der Waals surface area contributed by atoms with Crippen molar-refractivity contribution in [3.05, 3.63) is 47.5 Å². The first-order valence-electron chi connectivity index (χ1n) is 9.52. The molecule has 1 aliphatic heterocycles. The predicted molar refractivity (Wildman–Crippen MR) is 109 cm³/mol. The molecule has 148 valence electrons. The summed E-state index contributed by atoms with van der Waals surface area (Å²) in [5, 5.41) is 2.86. The molecule has 2 aromatic rings. The van der Waals surface area contributed by atoms with E-state index < -0.39 is 0 Å². The van der Waals surface area contributed by atoms with Crippen molar-refractivity contribution in [1.82, 2.24) is 0 Å². The highest BCUT2D eigenvalue weighted by atomic mass is 16.5. The van der Waals surface area contributed by atoms with Gasteiger partial charge in [-0.1, -0.05) is 13.0 Å². The van der Waals surface area contributed by atoms with Crippen LogP contribution in [0.5, 0.6) is 11.5 Å². The maximum absolute atomic E-state index is 12.3. The van der Waals surface area contributed by atoms with Crippen molar-refractivity contribution in [2.75, 3.05) is 30.5 Å². The number of methoxy groups -OCH3 is 1. The third-order valence-electron chi connectivity index (χ3n) is 4.69. The molecule has 6 heteroatoms. The Balaban J connectivity index is 1.64. The molecule has 3 rings (SSSR count). The summed E-state index contributed by atoms with van der Waals surface area (Å²) in [6.45, 7) is 4.62. The molecular weight excluding hydrogens is 356 g/mol. The lowest BCUT2D eigenvalue weighted by molar-refractivity contribution is -0.119. The van der Waals surface area contributed by atoms with E-state index in [1.54, 1.807) is 13.2 Å². The number of fused-ring (bicyclic) bond motifs is 1. The quantitative estimate of drug-likeness (QED) is 0.793. The molecule has 0 fully saturated rings. The first-order chi connectivity index (χ1) is 13.5. The summed E-state index contributed by atoms with van der Waals surface area (Å²) in [4.78, 5) is 26.3. The second-order valence-electron chi connectivity index (χ2n) is 6.88. The molecule has 0 saturated carbocycles. The summed E-state index contributed by atoms with van der Waals surface area (Å²) in [5.41, 5.74) is 3.77. The standard InChI is InChI=1S/C22H26N2O4/c1-4-11-24-18-8-7-17(13-16(18)6-10-22(24)26)23-21(25)14-28-19-9-5-15(2)12-20(19)27-3/h5,7-9,12-13H,4,6,10-11,14H2,1-3H3,(H,23,25). The number of carbonyl (C=O) groups is 2. The van der Waals surface area contributed by atoms with Gasteiger partial charge in [0.15, 0.2) is 18.1 Å². The lowest BCUT2D eigenvalue weighted by atomic mass is 10.00. The smallest absolute Gasteiger partial charge is 0.262 e. The van der Waals surface area contributed by atoms with Crippen LogP contribution < -0.4 is 19.7 Å². The van der Waals surface area contributed by atoms with Crippen LogP contribution in [0.25, 0.3) is 0 Å². The molecule has 0 radical (unpaired) electrons. The van der Waals surface area contributed by atoms with Crippen LogP contribution in [0.2, 0.25) is 0 Å². The molecule has 6 nitrogen and oxygen atoms in total. The molecule has 2 amide bonds. The average molecular weight is 382 g/mol. The minimum Gasteiger partial charge on any atom is -0.493 e. The fraction of sp³-hybridized carbons (Fsp3) is 0.364. The van der Waals surface area contributed by atoms with Gasteiger partial charge < -0.3 is 19.7 Å². The predicted octanol–water partition coefficient (Wildman–Crippen LogP) is 3.71. The molecule has 0 spiro atoms. The minimum atomic E-state index is -0.250. The van der Waals surface area contributed by atoms with E-state index in [4.69, 9.17) is 9.47 Å². The summed E-state index contributed by atoms with van der Waals surface area (Å²) in [5.74, 6) is 1.04. The van der Waals surface area contributed by atoms with E-state index in [1.807, 2.05) is 42.2 Å². The van der Waals surface area contributed by atoms with Gasteiger partial charge in [0.05, 0.1) is 7.11 Å². The first-order valence-corrected chi connectivity index (χ1v) is 9.52. The monoisotopic (exact) mass is 382 g/mol. The Hall–Kier alpha value is -3.02. The average Bonchev–Trinajstić information content (AvgIpc) is 2.69. The van der Waals surface area contributed by atoms with Crippen molar-refractivity contribution in [3.8, 4) is 11.5 Å². The first kappa shape index (κ1) is 19.7. The third-order valence-corrected chi connectivity index (χ3v) is 4.69. The van der Waals surface area contributed by atoms with Crippen LogP contribution in [0.1, 0.15) is 30.9 Å². The van der Waals surface area contributed by atoms with Gasteiger partial charge in [-0.15, -0.1) is 0 Å². The zero-order valence-electron chi connectivity index (χ0n) is 16.6. The van der Waals surface area contributed by atoms with Crippen LogP contribution in [0, 0.1) is 6.92 Å². The number of rotatable bonds is 7. The summed E-state index contributed by atoms with van der Waals surface area (Å²) >= 11 is 0. The van der Waals surface area contributed by atoms with Crippen molar-refractivity contribution >= 4 is 23.2 Å². The number of aryl methyl sites for hydroxylation is 2. The van der Waals surface area contributed by atoms with Gasteiger partial charge in [-0.3, -0.25) is 9.59 Å². The Kier molecular flexibility index (Phi) is 6.19. The van der Waals surface area contributed by atoms with Gasteiger partial charge in [0, 0.05) is 24.3 Å². The number of amides is 2. The van der Waals surface area contributed by atoms with Gasteiger partial charge in [0.1, 0.15) is 0 Å². The molecule has 2 aromatic carbocycles. The molecule has 0 bridgehead atoms. The van der Waals surface area contributed by atoms with Crippen LogP contribution in [-0.4, -0.2) is 32.1 Å². The molecular formula is C22H26N2O4. The number of ether oxygens (including phenoxy) is 2. The normalized spacial score (nSPS) is 13.1. The minimum absolute atomic E-state index is 0.114. The molecule has 1 N–H and O–H groups in total. The van der Waals surface area contributed by atoms with Gasteiger partial charge in [-0.05, 0) is 61.2 Å². The summed E-state index contributed by atoms with van der Waals surface area (Å²) in [6, 6.07) is 11.2. The Morgan fingerprint density at radius 2 is 1.96 bits per heavy atom. The van der Waals surface area contributed by atoms with Crippen molar-refractivity contribution in [2.24, 2.45) is 0 Å². The second kappa shape index (κ2) is 8.78. The molecule has 28 heavy (non-hydrogen) atoms. The summed E-state index contributed by atoms with van der Waals surface area (Å²) < 4.78 is 10.9. The van der Waals surface area contributed by atoms with E-state index in [0.29, 0.717) is 36.6 Å². The number of benzene rings is 2. The zero-order chi connectivity index (χ0) is 20.1. The Bertz CT molecular complexity index is 879. The molecule has 0 aromatic heterocycles. The number of hydrogen-bond donors (Lipinski definition) is 1. The van der Waals surface area contributed by atoms with Gasteiger partial charge in [-0.25, -0.2) is 0 Å². The number of carbonyl (C=O) groups excluding carboxylic acids is 2. The van der Waals surface area contributed by atoms with Crippen molar-refractivity contribution < 1.29 is 19.1 Å². The highest BCUT2D eigenvalue weighted by molar-refractivity contribution is 5.97. The van der Waals surface area contributed by atoms with Crippen LogP contribution in [0.3, 0.4) is 0 Å². The van der Waals surface area contributed by atoms with Gasteiger partial charge in [0.2, 0.25) is 5.91 Å². The number of anilines is 2. The topological polar surface area (TPSA) is 67.9 Å². The molecule has 1 aliphatic rings. The summed E-state index contributed by atoms with van der Waals surface area (Å²) in [6.07, 6.45) is 2.10.